The molecule has 4 nitrogen and oxygen atoms in total. The summed E-state index contributed by atoms with van der Waals surface area (Å²) >= 11 is 0. The summed E-state index contributed by atoms with van der Waals surface area (Å²) in [5, 5.41) is 12.4. The Bertz CT molecular complexity index is 438. The van der Waals surface area contributed by atoms with Crippen LogP contribution in [0.2, 0.25) is 0 Å². The van der Waals surface area contributed by atoms with Crippen molar-refractivity contribution < 1.29 is 5.11 Å². The van der Waals surface area contributed by atoms with Crippen molar-refractivity contribution in [3.8, 4) is 0 Å². The standard InChI is InChI=1S/C17H29N3O/c1-14-5-4-6-17(15(14)2)20-11-9-19(10-12-20)8-7-16(13-21)18-3/h4-6,16,18,21H,7-13H2,1-3H3. The van der Waals surface area contributed by atoms with Gasteiger partial charge in [0.1, 0.15) is 0 Å². The summed E-state index contributed by atoms with van der Waals surface area (Å²) in [4.78, 5) is 5.00. The maximum atomic E-state index is 9.21. The van der Waals surface area contributed by atoms with E-state index in [-0.39, 0.29) is 12.6 Å². The zero-order valence-electron chi connectivity index (χ0n) is 13.6. The lowest BCUT2D eigenvalue weighted by Crippen LogP contribution is -2.48. The molecule has 1 unspecified atom stereocenters. The summed E-state index contributed by atoms with van der Waals surface area (Å²) in [6.07, 6.45) is 1.01. The molecule has 0 radical (unpaired) electrons. The fourth-order valence-electron chi connectivity index (χ4n) is 2.96. The van der Waals surface area contributed by atoms with Crippen LogP contribution in [0.15, 0.2) is 18.2 Å². The molecule has 2 rings (SSSR count). The Morgan fingerprint density at radius 1 is 1.19 bits per heavy atom. The molecular weight excluding hydrogens is 262 g/mol. The first-order valence-electron chi connectivity index (χ1n) is 7.97. The average Bonchev–Trinajstić information content (AvgIpc) is 2.52. The molecule has 0 aliphatic carbocycles. The second-order valence-corrected chi connectivity index (χ2v) is 6.00. The van der Waals surface area contributed by atoms with Gasteiger partial charge in [-0.05, 0) is 51.1 Å². The molecule has 0 saturated carbocycles. The molecule has 118 valence electrons. The molecule has 1 heterocycles. The Kier molecular flexibility index (Phi) is 6.03. The molecule has 1 aliphatic heterocycles. The fraction of sp³-hybridized carbons (Fsp3) is 0.647. The predicted molar refractivity (Wildman–Crippen MR) is 89.1 cm³/mol. The van der Waals surface area contributed by atoms with Crippen molar-refractivity contribution in [2.24, 2.45) is 0 Å². The summed E-state index contributed by atoms with van der Waals surface area (Å²) in [5.41, 5.74) is 4.16. The van der Waals surface area contributed by atoms with E-state index in [0.29, 0.717) is 0 Å². The van der Waals surface area contributed by atoms with Crippen molar-refractivity contribution in [2.75, 3.05) is 51.3 Å². The Morgan fingerprint density at radius 3 is 2.52 bits per heavy atom. The molecule has 0 spiro atoms. The van der Waals surface area contributed by atoms with Gasteiger partial charge >= 0.3 is 0 Å². The number of aliphatic hydroxyl groups excluding tert-OH is 1. The number of rotatable bonds is 6. The molecule has 1 aromatic carbocycles. The molecule has 0 bridgehead atoms. The van der Waals surface area contributed by atoms with Crippen LogP contribution in [0.25, 0.3) is 0 Å². The second-order valence-electron chi connectivity index (χ2n) is 6.00. The van der Waals surface area contributed by atoms with Crippen LogP contribution in [0.4, 0.5) is 5.69 Å². The zero-order chi connectivity index (χ0) is 15.2. The smallest absolute Gasteiger partial charge is 0.0585 e. The molecule has 21 heavy (non-hydrogen) atoms. The van der Waals surface area contributed by atoms with Gasteiger partial charge in [-0.1, -0.05) is 12.1 Å². The van der Waals surface area contributed by atoms with Gasteiger partial charge < -0.3 is 15.3 Å². The number of hydrogen-bond donors (Lipinski definition) is 2. The predicted octanol–water partition coefficient (Wildman–Crippen LogP) is 1.40. The van der Waals surface area contributed by atoms with E-state index in [1.165, 1.54) is 16.8 Å². The average molecular weight is 291 g/mol. The van der Waals surface area contributed by atoms with E-state index in [9.17, 15) is 5.11 Å². The van der Waals surface area contributed by atoms with E-state index >= 15 is 0 Å². The van der Waals surface area contributed by atoms with Crippen LogP contribution in [0, 0.1) is 13.8 Å². The first-order chi connectivity index (χ1) is 10.2. The monoisotopic (exact) mass is 291 g/mol. The number of nitrogens with zero attached hydrogens (tertiary/aromatic N) is 2. The van der Waals surface area contributed by atoms with E-state index in [4.69, 9.17) is 0 Å². The summed E-state index contributed by atoms with van der Waals surface area (Å²) < 4.78 is 0. The van der Waals surface area contributed by atoms with Crippen molar-refractivity contribution in [1.29, 1.82) is 0 Å². The highest BCUT2D eigenvalue weighted by Gasteiger charge is 2.19. The molecule has 2 N–H and O–H groups in total. The van der Waals surface area contributed by atoms with E-state index in [1.807, 2.05) is 7.05 Å². The van der Waals surface area contributed by atoms with Gasteiger partial charge in [-0.15, -0.1) is 0 Å². The van der Waals surface area contributed by atoms with Crippen LogP contribution >= 0.6 is 0 Å². The first kappa shape index (κ1) is 16.3. The Balaban J connectivity index is 1.84. The van der Waals surface area contributed by atoms with Gasteiger partial charge in [-0.2, -0.15) is 0 Å². The minimum absolute atomic E-state index is 0.221. The lowest BCUT2D eigenvalue weighted by molar-refractivity contribution is 0.204. The third kappa shape index (κ3) is 4.19. The van der Waals surface area contributed by atoms with Gasteiger partial charge in [0, 0.05) is 37.9 Å². The van der Waals surface area contributed by atoms with Crippen molar-refractivity contribution >= 4 is 5.69 Å². The summed E-state index contributed by atoms with van der Waals surface area (Å²) in [6, 6.07) is 6.80. The Hall–Kier alpha value is -1.10. The molecule has 1 saturated heterocycles. The van der Waals surface area contributed by atoms with Crippen molar-refractivity contribution in [3.05, 3.63) is 29.3 Å². The van der Waals surface area contributed by atoms with Gasteiger partial charge in [0.05, 0.1) is 6.61 Å². The minimum atomic E-state index is 0.221. The molecular formula is C17H29N3O. The lowest BCUT2D eigenvalue weighted by atomic mass is 10.1. The molecule has 1 aliphatic rings. The quantitative estimate of drug-likeness (QED) is 0.831. The Labute approximate surface area is 128 Å². The van der Waals surface area contributed by atoms with Crippen LogP contribution < -0.4 is 10.2 Å². The third-order valence-corrected chi connectivity index (χ3v) is 4.71. The van der Waals surface area contributed by atoms with Crippen molar-refractivity contribution in [1.82, 2.24) is 10.2 Å². The van der Waals surface area contributed by atoms with E-state index in [2.05, 4.69) is 47.2 Å². The SMILES string of the molecule is CNC(CO)CCN1CCN(c2cccc(C)c2C)CC1. The van der Waals surface area contributed by atoms with Gasteiger partial charge in [-0.3, -0.25) is 4.90 Å². The van der Waals surface area contributed by atoms with Crippen molar-refractivity contribution in [3.63, 3.8) is 0 Å². The minimum Gasteiger partial charge on any atom is -0.395 e. The van der Waals surface area contributed by atoms with Gasteiger partial charge in [-0.25, -0.2) is 0 Å². The number of aliphatic hydroxyl groups is 1. The summed E-state index contributed by atoms with van der Waals surface area (Å²) in [7, 11) is 1.92. The lowest BCUT2D eigenvalue weighted by Gasteiger charge is -2.37. The number of aryl methyl sites for hydroxylation is 1. The molecule has 1 aromatic rings. The topological polar surface area (TPSA) is 38.7 Å². The largest absolute Gasteiger partial charge is 0.395 e. The van der Waals surface area contributed by atoms with Crippen LogP contribution in [0.3, 0.4) is 0 Å². The normalized spacial score (nSPS) is 18.0. The fourth-order valence-corrected chi connectivity index (χ4v) is 2.96. The number of piperazine rings is 1. The van der Waals surface area contributed by atoms with E-state index < -0.39 is 0 Å². The van der Waals surface area contributed by atoms with E-state index in [1.54, 1.807) is 0 Å². The van der Waals surface area contributed by atoms with Crippen LogP contribution in [-0.2, 0) is 0 Å². The first-order valence-corrected chi connectivity index (χ1v) is 7.97. The molecule has 1 fully saturated rings. The highest BCUT2D eigenvalue weighted by molar-refractivity contribution is 5.56. The highest BCUT2D eigenvalue weighted by atomic mass is 16.3. The number of nitrogens with one attached hydrogen (secondary N) is 1. The van der Waals surface area contributed by atoms with Gasteiger partial charge in [0.15, 0.2) is 0 Å². The van der Waals surface area contributed by atoms with Gasteiger partial charge in [0.25, 0.3) is 0 Å². The maximum Gasteiger partial charge on any atom is 0.0585 e. The summed E-state index contributed by atoms with van der Waals surface area (Å²) in [6.45, 7) is 10.1. The molecule has 4 heteroatoms. The van der Waals surface area contributed by atoms with Gasteiger partial charge in [0.2, 0.25) is 0 Å². The highest BCUT2D eigenvalue weighted by Crippen LogP contribution is 2.23. The number of likely N-dealkylation sites (N-methyl/N-ethyl adjacent to an activating group) is 1. The second kappa shape index (κ2) is 7.78. The van der Waals surface area contributed by atoms with Crippen LogP contribution in [-0.4, -0.2) is 62.4 Å². The van der Waals surface area contributed by atoms with E-state index in [0.717, 1.165) is 39.1 Å². The molecule has 0 amide bonds. The van der Waals surface area contributed by atoms with Crippen LogP contribution in [0.1, 0.15) is 17.5 Å². The summed E-state index contributed by atoms with van der Waals surface area (Å²) in [5.74, 6) is 0. The van der Waals surface area contributed by atoms with Crippen molar-refractivity contribution in [2.45, 2.75) is 26.3 Å². The zero-order valence-corrected chi connectivity index (χ0v) is 13.6. The van der Waals surface area contributed by atoms with Crippen LogP contribution in [0.5, 0.6) is 0 Å². The third-order valence-electron chi connectivity index (χ3n) is 4.71. The number of anilines is 1. The Morgan fingerprint density at radius 2 is 1.90 bits per heavy atom. The molecule has 0 aromatic heterocycles. The molecule has 1 atom stereocenters. The number of hydrogen-bond acceptors (Lipinski definition) is 4. The number of benzene rings is 1. The maximum absolute atomic E-state index is 9.21.